The average molecular weight is 525 g/mol. The lowest BCUT2D eigenvalue weighted by atomic mass is 9.44. The van der Waals surface area contributed by atoms with Crippen molar-refractivity contribution in [1.82, 2.24) is 0 Å². The molecule has 1 N–H and O–H groups in total. The van der Waals surface area contributed by atoms with Gasteiger partial charge in [0.25, 0.3) is 0 Å². The molecular weight excluding hydrogens is 501 g/mol. The van der Waals surface area contributed by atoms with E-state index in [9.17, 15) is 40.3 Å². The number of ether oxygens (including phenoxy) is 1. The van der Waals surface area contributed by atoms with Gasteiger partial charge in [0.05, 0.1) is 6.61 Å². The van der Waals surface area contributed by atoms with Crippen LogP contribution in [-0.2, 0) is 23.9 Å². The summed E-state index contributed by atoms with van der Waals surface area (Å²) in [7, 11) is -6.25. The number of nitrogens with zero attached hydrogens (tertiary/aromatic N) is 1. The first-order valence-corrected chi connectivity index (χ1v) is 12.4. The van der Waals surface area contributed by atoms with E-state index in [4.69, 9.17) is 4.74 Å². The van der Waals surface area contributed by atoms with Crippen molar-refractivity contribution in [2.75, 3.05) is 13.2 Å². The van der Waals surface area contributed by atoms with E-state index in [1.165, 1.54) is 18.2 Å². The molecule has 0 spiro atoms. The van der Waals surface area contributed by atoms with Gasteiger partial charge in [-0.3, -0.25) is 4.28 Å². The first-order chi connectivity index (χ1) is 16.2. The predicted octanol–water partition coefficient (Wildman–Crippen LogP) is 4.01. The van der Waals surface area contributed by atoms with Crippen LogP contribution in [0.15, 0.2) is 35.5 Å². The Labute approximate surface area is 198 Å². The lowest BCUT2D eigenvalue weighted by Gasteiger charge is -2.61. The van der Waals surface area contributed by atoms with Gasteiger partial charge in [0, 0.05) is 17.6 Å². The number of carbonyl (C=O) groups excluding carboxylic acids is 1. The summed E-state index contributed by atoms with van der Waals surface area (Å²) >= 11 is 0. The topological polar surface area (TPSA) is 102 Å². The number of hydrogen-bond donors (Lipinski definition) is 1. The van der Waals surface area contributed by atoms with Crippen LogP contribution in [0.4, 0.5) is 22.0 Å². The Balaban J connectivity index is 1.47. The molecule has 4 aliphatic carbocycles. The Morgan fingerprint density at radius 1 is 1.03 bits per heavy atom. The van der Waals surface area contributed by atoms with Crippen LogP contribution in [0.3, 0.4) is 0 Å². The monoisotopic (exact) mass is 525 g/mol. The van der Waals surface area contributed by atoms with E-state index in [0.29, 0.717) is 19.3 Å². The van der Waals surface area contributed by atoms with Crippen molar-refractivity contribution in [3.05, 3.63) is 35.9 Å². The third kappa shape index (κ3) is 4.89. The fourth-order valence-corrected chi connectivity index (χ4v) is 6.93. The summed E-state index contributed by atoms with van der Waals surface area (Å²) < 4.78 is 101. The highest BCUT2D eigenvalue weighted by Gasteiger charge is 2.61. The van der Waals surface area contributed by atoms with E-state index in [-0.39, 0.29) is 23.9 Å². The molecule has 7 nitrogen and oxygen atoms in total. The molecule has 1 aromatic rings. The minimum atomic E-state index is -6.25. The third-order valence-corrected chi connectivity index (χ3v) is 8.31. The molecule has 194 valence electrons. The van der Waals surface area contributed by atoms with Gasteiger partial charge in [-0.05, 0) is 55.8 Å². The lowest BCUT2D eigenvalue weighted by Crippen LogP contribution is -2.55. The number of alkyl halides is 5. The molecule has 0 heterocycles. The fourth-order valence-electron chi connectivity index (χ4n) is 6.41. The molecule has 4 bridgehead atoms. The van der Waals surface area contributed by atoms with E-state index in [1.54, 1.807) is 0 Å². The molecule has 1 aromatic carbocycles. The van der Waals surface area contributed by atoms with Crippen LogP contribution in [0.25, 0.3) is 0 Å². The number of halogens is 5. The number of esters is 1. The van der Waals surface area contributed by atoms with Crippen LogP contribution in [0.5, 0.6) is 0 Å². The van der Waals surface area contributed by atoms with Crippen LogP contribution in [0, 0.1) is 22.7 Å². The molecule has 5 rings (SSSR count). The van der Waals surface area contributed by atoms with Crippen LogP contribution in [0.2, 0.25) is 0 Å². The van der Waals surface area contributed by atoms with Crippen LogP contribution < -0.4 is 0 Å². The summed E-state index contributed by atoms with van der Waals surface area (Å²) in [6.45, 7) is -0.554. The van der Waals surface area contributed by atoms with Crippen molar-refractivity contribution in [3.63, 3.8) is 0 Å². The largest absolute Gasteiger partial charge is 0.478 e. The van der Waals surface area contributed by atoms with Crippen molar-refractivity contribution in [2.24, 2.45) is 27.8 Å². The maximum atomic E-state index is 14.5. The summed E-state index contributed by atoms with van der Waals surface area (Å²) in [6.07, 6.45) is -1.02. The van der Waals surface area contributed by atoms with Crippen LogP contribution >= 0.6 is 0 Å². The van der Waals surface area contributed by atoms with E-state index in [2.05, 4.69) is 9.44 Å². The molecule has 0 aromatic heterocycles. The van der Waals surface area contributed by atoms with Gasteiger partial charge < -0.3 is 9.84 Å². The number of rotatable bonds is 8. The second kappa shape index (κ2) is 8.68. The molecular formula is C22H24F5NO6S. The number of carbonyl (C=O) groups is 1. The zero-order chi connectivity index (χ0) is 25.7. The standard InChI is InChI=1S/C22H24F5NO6S/c23-21(24,25)17(16-4-2-1-3-5-16)28-34-35(31,32)22(26,27)18(30)33-13-20-9-14-6-15(10-20)8-19(7-14,11-20)12-29/h1-5,14-15,29H,6-13H2. The molecule has 4 saturated carbocycles. The molecule has 4 aliphatic rings. The molecule has 2 unspecified atom stereocenters. The normalized spacial score (nSPS) is 30.9. The van der Waals surface area contributed by atoms with E-state index in [0.717, 1.165) is 31.4 Å². The number of benzene rings is 1. The Morgan fingerprint density at radius 3 is 2.14 bits per heavy atom. The van der Waals surface area contributed by atoms with Gasteiger partial charge in [-0.2, -0.15) is 30.4 Å². The second-order valence-electron chi connectivity index (χ2n) is 10.0. The van der Waals surface area contributed by atoms with Crippen molar-refractivity contribution in [2.45, 2.75) is 50.0 Å². The van der Waals surface area contributed by atoms with Crippen molar-refractivity contribution in [1.29, 1.82) is 0 Å². The van der Waals surface area contributed by atoms with E-state index in [1.807, 2.05) is 0 Å². The fraction of sp³-hybridized carbons (Fsp3) is 0.636. The van der Waals surface area contributed by atoms with E-state index < -0.39 is 50.8 Å². The minimum absolute atomic E-state index is 0.0744. The molecule has 2 atom stereocenters. The van der Waals surface area contributed by atoms with Crippen LogP contribution in [-0.4, -0.2) is 49.8 Å². The van der Waals surface area contributed by atoms with Crippen molar-refractivity contribution < 1.29 is 49.3 Å². The van der Waals surface area contributed by atoms with Gasteiger partial charge in [0.1, 0.15) is 0 Å². The highest BCUT2D eigenvalue weighted by Crippen LogP contribution is 2.65. The first-order valence-electron chi connectivity index (χ1n) is 11.0. The highest BCUT2D eigenvalue weighted by atomic mass is 32.2. The number of aliphatic hydroxyl groups is 1. The number of aliphatic hydroxyl groups excluding tert-OH is 1. The Bertz CT molecular complexity index is 1090. The van der Waals surface area contributed by atoms with Gasteiger partial charge in [0.2, 0.25) is 0 Å². The number of oxime groups is 1. The molecule has 13 heteroatoms. The van der Waals surface area contributed by atoms with Gasteiger partial charge in [-0.25, -0.2) is 4.79 Å². The smallest absolute Gasteiger partial charge is 0.460 e. The Morgan fingerprint density at radius 2 is 1.60 bits per heavy atom. The van der Waals surface area contributed by atoms with Gasteiger partial charge in [-0.1, -0.05) is 35.5 Å². The molecule has 4 fully saturated rings. The molecule has 0 aliphatic heterocycles. The maximum absolute atomic E-state index is 14.5. The Kier molecular flexibility index (Phi) is 6.40. The summed E-state index contributed by atoms with van der Waals surface area (Å²) in [4.78, 5) is 12.1. The summed E-state index contributed by atoms with van der Waals surface area (Å²) in [5.74, 6) is -1.94. The zero-order valence-corrected chi connectivity index (χ0v) is 19.2. The molecule has 0 saturated heterocycles. The van der Waals surface area contributed by atoms with E-state index >= 15 is 0 Å². The average Bonchev–Trinajstić information content (AvgIpc) is 2.76. The predicted molar refractivity (Wildman–Crippen MR) is 112 cm³/mol. The van der Waals surface area contributed by atoms with Crippen molar-refractivity contribution >= 4 is 21.8 Å². The summed E-state index contributed by atoms with van der Waals surface area (Å²) in [5, 5.41) is 7.00. The van der Waals surface area contributed by atoms with Crippen molar-refractivity contribution in [3.8, 4) is 0 Å². The first kappa shape index (κ1) is 25.8. The highest BCUT2D eigenvalue weighted by molar-refractivity contribution is 7.88. The molecule has 0 radical (unpaired) electrons. The second-order valence-corrected chi connectivity index (χ2v) is 11.6. The lowest BCUT2D eigenvalue weighted by molar-refractivity contribution is -0.181. The Hall–Kier alpha value is -2.28. The third-order valence-electron chi connectivity index (χ3n) is 7.24. The van der Waals surface area contributed by atoms with Crippen LogP contribution in [0.1, 0.15) is 44.1 Å². The zero-order valence-electron chi connectivity index (χ0n) is 18.4. The molecule has 35 heavy (non-hydrogen) atoms. The van der Waals surface area contributed by atoms with Gasteiger partial charge in [0.15, 0.2) is 5.71 Å². The van der Waals surface area contributed by atoms with Gasteiger partial charge >= 0.3 is 27.5 Å². The summed E-state index contributed by atoms with van der Waals surface area (Å²) in [5.41, 5.74) is -3.51. The number of hydrogen-bond acceptors (Lipinski definition) is 7. The maximum Gasteiger partial charge on any atom is 0.478 e. The SMILES string of the molecule is O=C(OCC12CC3CC(CC(CO)(C3)C1)C2)C(F)(F)S(=O)(=O)ON=C(c1ccccc1)C(F)(F)F. The quantitative estimate of drug-likeness (QED) is 0.238. The van der Waals surface area contributed by atoms with Gasteiger partial charge in [-0.15, -0.1) is 0 Å². The summed E-state index contributed by atoms with van der Waals surface area (Å²) in [6, 6.07) is 5.63. The molecule has 0 amide bonds. The minimum Gasteiger partial charge on any atom is -0.460 e.